The first kappa shape index (κ1) is 9.67. The van der Waals surface area contributed by atoms with Crippen LogP contribution in [-0.4, -0.2) is 24.0 Å². The van der Waals surface area contributed by atoms with E-state index in [0.717, 1.165) is 12.0 Å². The predicted molar refractivity (Wildman–Crippen MR) is 50.0 cm³/mol. The molecule has 1 aromatic rings. The van der Waals surface area contributed by atoms with Crippen molar-refractivity contribution in [2.45, 2.75) is 6.42 Å². The first-order valence-electron chi connectivity index (χ1n) is 4.18. The van der Waals surface area contributed by atoms with Crippen molar-refractivity contribution >= 4 is 5.91 Å². The lowest BCUT2D eigenvalue weighted by Crippen LogP contribution is -2.31. The molecule has 0 aliphatic carbocycles. The summed E-state index contributed by atoms with van der Waals surface area (Å²) in [5.41, 5.74) is 6.24. The van der Waals surface area contributed by atoms with Gasteiger partial charge >= 0.3 is 0 Å². The maximum Gasteiger partial charge on any atom is 0.233 e. The second-order valence-corrected chi connectivity index (χ2v) is 2.67. The number of nitrogens with zero attached hydrogens (tertiary/aromatic N) is 1. The van der Waals surface area contributed by atoms with E-state index in [1.54, 1.807) is 12.4 Å². The minimum Gasteiger partial charge on any atom is -0.355 e. The van der Waals surface area contributed by atoms with Gasteiger partial charge in [-0.1, -0.05) is 6.07 Å². The van der Waals surface area contributed by atoms with Crippen LogP contribution in [0.15, 0.2) is 24.5 Å². The van der Waals surface area contributed by atoms with Crippen LogP contribution in [0.25, 0.3) is 0 Å². The van der Waals surface area contributed by atoms with Crippen LogP contribution in [-0.2, 0) is 11.2 Å². The predicted octanol–water partition coefficient (Wildman–Crippen LogP) is -0.301. The fourth-order valence-corrected chi connectivity index (χ4v) is 0.964. The van der Waals surface area contributed by atoms with Crippen LogP contribution in [0.2, 0.25) is 0 Å². The molecule has 1 amide bonds. The molecule has 1 heterocycles. The van der Waals surface area contributed by atoms with Crippen LogP contribution < -0.4 is 11.1 Å². The summed E-state index contributed by atoms with van der Waals surface area (Å²) in [6, 6.07) is 3.85. The van der Waals surface area contributed by atoms with Crippen molar-refractivity contribution in [3.8, 4) is 0 Å². The Kier molecular flexibility index (Phi) is 3.92. The summed E-state index contributed by atoms with van der Waals surface area (Å²) in [5.74, 6) is -0.121. The fourth-order valence-electron chi connectivity index (χ4n) is 0.964. The van der Waals surface area contributed by atoms with Crippen molar-refractivity contribution in [2.75, 3.05) is 13.1 Å². The van der Waals surface area contributed by atoms with Crippen molar-refractivity contribution in [2.24, 2.45) is 5.73 Å². The van der Waals surface area contributed by atoms with Crippen LogP contribution in [0.4, 0.5) is 0 Å². The third-order valence-electron chi connectivity index (χ3n) is 1.64. The molecule has 0 bridgehead atoms. The number of carbonyl (C=O) groups is 1. The summed E-state index contributed by atoms with van der Waals surface area (Å²) in [6.45, 7) is 0.661. The summed E-state index contributed by atoms with van der Waals surface area (Å²) in [5, 5.41) is 2.69. The summed E-state index contributed by atoms with van der Waals surface area (Å²) in [4.78, 5) is 14.7. The van der Waals surface area contributed by atoms with Crippen LogP contribution in [0.1, 0.15) is 5.56 Å². The van der Waals surface area contributed by atoms with Gasteiger partial charge in [0.25, 0.3) is 0 Å². The molecule has 3 N–H and O–H groups in total. The Morgan fingerprint density at radius 3 is 3.08 bits per heavy atom. The highest BCUT2D eigenvalue weighted by atomic mass is 16.1. The molecule has 0 aliphatic rings. The number of hydrogen-bond acceptors (Lipinski definition) is 3. The monoisotopic (exact) mass is 179 g/mol. The van der Waals surface area contributed by atoms with Crippen molar-refractivity contribution in [1.29, 1.82) is 0 Å². The van der Waals surface area contributed by atoms with Crippen LogP contribution >= 0.6 is 0 Å². The molecule has 0 spiro atoms. The quantitative estimate of drug-likeness (QED) is 0.666. The number of pyridine rings is 1. The molecule has 0 aromatic carbocycles. The van der Waals surface area contributed by atoms with Gasteiger partial charge < -0.3 is 11.1 Å². The molecule has 0 fully saturated rings. The SMILES string of the molecule is NCC(=O)NCCc1cccnc1. The fraction of sp³-hybridized carbons (Fsp3) is 0.333. The van der Waals surface area contributed by atoms with Crippen molar-refractivity contribution in [1.82, 2.24) is 10.3 Å². The second-order valence-electron chi connectivity index (χ2n) is 2.67. The van der Waals surface area contributed by atoms with Crippen molar-refractivity contribution in [3.63, 3.8) is 0 Å². The Labute approximate surface area is 77.2 Å². The molecule has 13 heavy (non-hydrogen) atoms. The maximum absolute atomic E-state index is 10.8. The smallest absolute Gasteiger partial charge is 0.233 e. The molecule has 0 saturated carbocycles. The molecular formula is C9H13N3O. The lowest BCUT2D eigenvalue weighted by Gasteiger charge is -2.02. The number of hydrogen-bond donors (Lipinski definition) is 2. The largest absolute Gasteiger partial charge is 0.355 e. The number of nitrogens with two attached hydrogens (primary N) is 1. The molecule has 0 aliphatic heterocycles. The van der Waals surface area contributed by atoms with Gasteiger partial charge in [-0.3, -0.25) is 9.78 Å². The third-order valence-corrected chi connectivity index (χ3v) is 1.64. The van der Waals surface area contributed by atoms with E-state index >= 15 is 0 Å². The molecule has 0 radical (unpaired) electrons. The maximum atomic E-state index is 10.8. The minimum atomic E-state index is -0.121. The van der Waals surface area contributed by atoms with Gasteiger partial charge in [-0.15, -0.1) is 0 Å². The van der Waals surface area contributed by atoms with Gasteiger partial charge in [-0.25, -0.2) is 0 Å². The Hall–Kier alpha value is -1.42. The molecular weight excluding hydrogens is 166 g/mol. The average molecular weight is 179 g/mol. The van der Waals surface area contributed by atoms with E-state index in [4.69, 9.17) is 5.73 Å². The third kappa shape index (κ3) is 3.66. The molecule has 1 aromatic heterocycles. The van der Waals surface area contributed by atoms with Gasteiger partial charge in [-0.05, 0) is 18.1 Å². The normalized spacial score (nSPS) is 9.62. The first-order valence-corrected chi connectivity index (χ1v) is 4.18. The number of carbonyl (C=O) groups excluding carboxylic acids is 1. The number of aromatic nitrogens is 1. The van der Waals surface area contributed by atoms with E-state index in [9.17, 15) is 4.79 Å². The summed E-state index contributed by atoms with van der Waals surface area (Å²) in [7, 11) is 0. The van der Waals surface area contributed by atoms with E-state index in [0.29, 0.717) is 6.54 Å². The Morgan fingerprint density at radius 1 is 1.62 bits per heavy atom. The highest BCUT2D eigenvalue weighted by Gasteiger charge is 1.96. The number of amides is 1. The van der Waals surface area contributed by atoms with Crippen molar-refractivity contribution in [3.05, 3.63) is 30.1 Å². The molecule has 4 heteroatoms. The summed E-state index contributed by atoms with van der Waals surface area (Å²) < 4.78 is 0. The zero-order valence-electron chi connectivity index (χ0n) is 7.36. The van der Waals surface area contributed by atoms with Crippen LogP contribution in [0.3, 0.4) is 0 Å². The van der Waals surface area contributed by atoms with E-state index in [-0.39, 0.29) is 12.5 Å². The topological polar surface area (TPSA) is 68.0 Å². The number of nitrogens with one attached hydrogen (secondary N) is 1. The highest BCUT2D eigenvalue weighted by molar-refractivity contribution is 5.77. The average Bonchev–Trinajstić information content (AvgIpc) is 2.19. The van der Waals surface area contributed by atoms with Gasteiger partial charge in [0.05, 0.1) is 6.54 Å². The summed E-state index contributed by atoms with van der Waals surface area (Å²) in [6.07, 6.45) is 4.30. The van der Waals surface area contributed by atoms with Crippen molar-refractivity contribution < 1.29 is 4.79 Å². The summed E-state index contributed by atoms with van der Waals surface area (Å²) >= 11 is 0. The van der Waals surface area contributed by atoms with Crippen LogP contribution in [0.5, 0.6) is 0 Å². The first-order chi connectivity index (χ1) is 6.33. The zero-order valence-corrected chi connectivity index (χ0v) is 7.36. The van der Waals surface area contributed by atoms with E-state index in [1.165, 1.54) is 0 Å². The molecule has 4 nitrogen and oxygen atoms in total. The second kappa shape index (κ2) is 5.27. The van der Waals surface area contributed by atoms with Gasteiger partial charge in [0, 0.05) is 18.9 Å². The lowest BCUT2D eigenvalue weighted by atomic mass is 10.2. The van der Waals surface area contributed by atoms with E-state index in [2.05, 4.69) is 10.3 Å². The Balaban J connectivity index is 2.24. The van der Waals surface area contributed by atoms with Gasteiger partial charge in [0.15, 0.2) is 0 Å². The molecule has 0 atom stereocenters. The van der Waals surface area contributed by atoms with E-state index in [1.807, 2.05) is 12.1 Å². The minimum absolute atomic E-state index is 0.0487. The van der Waals surface area contributed by atoms with Crippen LogP contribution in [0, 0.1) is 0 Å². The van der Waals surface area contributed by atoms with E-state index < -0.39 is 0 Å². The Morgan fingerprint density at radius 2 is 2.46 bits per heavy atom. The standard InChI is InChI=1S/C9H13N3O/c10-6-9(13)12-5-3-8-2-1-4-11-7-8/h1-2,4,7H,3,5-6,10H2,(H,12,13). The number of rotatable bonds is 4. The molecule has 1 rings (SSSR count). The highest BCUT2D eigenvalue weighted by Crippen LogP contribution is 1.94. The molecule has 70 valence electrons. The lowest BCUT2D eigenvalue weighted by molar-refractivity contribution is -0.119. The molecule has 0 saturated heterocycles. The van der Waals surface area contributed by atoms with Gasteiger partial charge in [0.2, 0.25) is 5.91 Å². The van der Waals surface area contributed by atoms with Gasteiger partial charge in [0.1, 0.15) is 0 Å². The Bertz CT molecular complexity index is 261. The van der Waals surface area contributed by atoms with Gasteiger partial charge in [-0.2, -0.15) is 0 Å². The zero-order chi connectivity index (χ0) is 9.52. The molecule has 0 unspecified atom stereocenters.